The highest BCUT2D eigenvalue weighted by atomic mass is 35.5. The maximum Gasteiger partial charge on any atom is 0.137 e. The lowest BCUT2D eigenvalue weighted by Gasteiger charge is -2.03. The van der Waals surface area contributed by atoms with Crippen molar-refractivity contribution < 1.29 is 4.74 Å². The summed E-state index contributed by atoms with van der Waals surface area (Å²) in [6.07, 6.45) is 1.69. The number of rotatable bonds is 2. The molecule has 60 valence electrons. The monoisotopic (exact) mass is 171 g/mol. The topological polar surface area (TPSA) is 22.1 Å². The van der Waals surface area contributed by atoms with Gasteiger partial charge in [0.2, 0.25) is 0 Å². The number of hydrogen-bond acceptors (Lipinski definition) is 2. The smallest absolute Gasteiger partial charge is 0.137 e. The fourth-order valence-electron chi connectivity index (χ4n) is 0.804. The van der Waals surface area contributed by atoms with Gasteiger partial charge in [0.25, 0.3) is 0 Å². The SMILES string of the molecule is COc1cnc(C)c(CCl)c1. The van der Waals surface area contributed by atoms with Crippen molar-refractivity contribution in [1.82, 2.24) is 4.98 Å². The third kappa shape index (κ3) is 1.84. The maximum absolute atomic E-state index is 5.67. The normalized spacial score (nSPS) is 9.73. The van der Waals surface area contributed by atoms with E-state index in [1.807, 2.05) is 13.0 Å². The summed E-state index contributed by atoms with van der Waals surface area (Å²) >= 11 is 5.67. The minimum Gasteiger partial charge on any atom is -0.495 e. The van der Waals surface area contributed by atoms with Crippen molar-refractivity contribution >= 4 is 11.6 Å². The average Bonchev–Trinajstić information content (AvgIpc) is 2.05. The molecule has 0 fully saturated rings. The van der Waals surface area contributed by atoms with Crippen molar-refractivity contribution in [2.24, 2.45) is 0 Å². The standard InChI is InChI=1S/C8H10ClNO/c1-6-7(4-9)3-8(11-2)5-10-6/h3,5H,4H2,1-2H3. The van der Waals surface area contributed by atoms with Gasteiger partial charge in [-0.15, -0.1) is 11.6 Å². The van der Waals surface area contributed by atoms with Gasteiger partial charge in [0.15, 0.2) is 0 Å². The summed E-state index contributed by atoms with van der Waals surface area (Å²) in [5.74, 6) is 1.24. The lowest BCUT2D eigenvalue weighted by molar-refractivity contribution is 0.412. The maximum atomic E-state index is 5.67. The molecule has 11 heavy (non-hydrogen) atoms. The van der Waals surface area contributed by atoms with E-state index in [1.54, 1.807) is 13.3 Å². The van der Waals surface area contributed by atoms with Crippen LogP contribution in [0.25, 0.3) is 0 Å². The predicted octanol–water partition coefficient (Wildman–Crippen LogP) is 2.14. The Morgan fingerprint density at radius 3 is 2.91 bits per heavy atom. The first-order valence-corrected chi connectivity index (χ1v) is 3.87. The highest BCUT2D eigenvalue weighted by Gasteiger charge is 1.99. The summed E-state index contributed by atoms with van der Waals surface area (Å²) in [6.45, 7) is 1.93. The quantitative estimate of drug-likeness (QED) is 0.637. The van der Waals surface area contributed by atoms with Gasteiger partial charge in [-0.2, -0.15) is 0 Å². The first-order chi connectivity index (χ1) is 5.27. The Hall–Kier alpha value is -0.760. The van der Waals surface area contributed by atoms with Crippen LogP contribution in [0.2, 0.25) is 0 Å². The summed E-state index contributed by atoms with van der Waals surface area (Å²) < 4.78 is 4.99. The van der Waals surface area contributed by atoms with Crippen molar-refractivity contribution in [2.45, 2.75) is 12.8 Å². The Labute approximate surface area is 71.2 Å². The molecule has 0 atom stereocenters. The van der Waals surface area contributed by atoms with E-state index in [0.29, 0.717) is 5.88 Å². The molecule has 0 N–H and O–H groups in total. The van der Waals surface area contributed by atoms with Gasteiger partial charge >= 0.3 is 0 Å². The molecule has 0 radical (unpaired) electrons. The Morgan fingerprint density at radius 1 is 1.64 bits per heavy atom. The number of aryl methyl sites for hydroxylation is 1. The van der Waals surface area contributed by atoms with Crippen LogP contribution < -0.4 is 4.74 Å². The van der Waals surface area contributed by atoms with Crippen LogP contribution >= 0.6 is 11.6 Å². The van der Waals surface area contributed by atoms with Crippen molar-refractivity contribution in [3.8, 4) is 5.75 Å². The summed E-state index contributed by atoms with van der Waals surface area (Å²) in [6, 6.07) is 1.90. The Morgan fingerprint density at radius 2 is 2.36 bits per heavy atom. The molecule has 0 saturated carbocycles. The number of hydrogen-bond donors (Lipinski definition) is 0. The zero-order chi connectivity index (χ0) is 8.27. The van der Waals surface area contributed by atoms with Crippen LogP contribution in [0.3, 0.4) is 0 Å². The molecule has 1 rings (SSSR count). The molecule has 1 aromatic heterocycles. The third-order valence-corrected chi connectivity index (χ3v) is 1.83. The molecule has 0 bridgehead atoms. The van der Waals surface area contributed by atoms with Gasteiger partial charge in [-0.3, -0.25) is 4.98 Å². The van der Waals surface area contributed by atoms with E-state index >= 15 is 0 Å². The van der Waals surface area contributed by atoms with Crippen LogP contribution in [-0.4, -0.2) is 12.1 Å². The van der Waals surface area contributed by atoms with E-state index in [4.69, 9.17) is 16.3 Å². The minimum absolute atomic E-state index is 0.482. The second-order valence-electron chi connectivity index (χ2n) is 2.25. The van der Waals surface area contributed by atoms with Gasteiger partial charge in [-0.25, -0.2) is 0 Å². The number of aromatic nitrogens is 1. The number of methoxy groups -OCH3 is 1. The molecule has 0 amide bonds. The van der Waals surface area contributed by atoms with Crippen LogP contribution in [-0.2, 0) is 5.88 Å². The largest absolute Gasteiger partial charge is 0.495 e. The Kier molecular flexibility index (Phi) is 2.71. The van der Waals surface area contributed by atoms with Crippen molar-refractivity contribution in [3.05, 3.63) is 23.5 Å². The first kappa shape index (κ1) is 8.34. The lowest BCUT2D eigenvalue weighted by Crippen LogP contribution is -1.91. The fraction of sp³-hybridized carbons (Fsp3) is 0.375. The lowest BCUT2D eigenvalue weighted by atomic mass is 10.2. The van der Waals surface area contributed by atoms with Gasteiger partial charge in [0.1, 0.15) is 5.75 Å². The number of pyridine rings is 1. The van der Waals surface area contributed by atoms with E-state index in [2.05, 4.69) is 4.98 Å². The Balaban J connectivity index is 3.02. The fourth-order valence-corrected chi connectivity index (χ4v) is 1.07. The molecule has 3 heteroatoms. The molecule has 0 aromatic carbocycles. The van der Waals surface area contributed by atoms with E-state index in [9.17, 15) is 0 Å². The number of nitrogens with zero attached hydrogens (tertiary/aromatic N) is 1. The average molecular weight is 172 g/mol. The second-order valence-corrected chi connectivity index (χ2v) is 2.52. The molecule has 0 unspecified atom stereocenters. The van der Waals surface area contributed by atoms with Crippen molar-refractivity contribution in [3.63, 3.8) is 0 Å². The predicted molar refractivity (Wildman–Crippen MR) is 45.1 cm³/mol. The number of ether oxygens (including phenoxy) is 1. The van der Waals surface area contributed by atoms with Crippen LogP contribution in [0.15, 0.2) is 12.3 Å². The third-order valence-electron chi connectivity index (χ3n) is 1.55. The zero-order valence-electron chi connectivity index (χ0n) is 6.60. The summed E-state index contributed by atoms with van der Waals surface area (Å²) in [5.41, 5.74) is 1.98. The molecule has 1 aromatic rings. The first-order valence-electron chi connectivity index (χ1n) is 3.33. The van der Waals surface area contributed by atoms with Crippen LogP contribution in [0.1, 0.15) is 11.3 Å². The van der Waals surface area contributed by atoms with Gasteiger partial charge in [-0.05, 0) is 18.6 Å². The van der Waals surface area contributed by atoms with Gasteiger partial charge in [0.05, 0.1) is 13.3 Å². The summed E-state index contributed by atoms with van der Waals surface area (Å²) in [4.78, 5) is 4.11. The molecule has 1 heterocycles. The molecule has 0 saturated heterocycles. The van der Waals surface area contributed by atoms with Crippen LogP contribution in [0.5, 0.6) is 5.75 Å². The van der Waals surface area contributed by atoms with E-state index < -0.39 is 0 Å². The molecule has 0 aliphatic heterocycles. The number of alkyl halides is 1. The second kappa shape index (κ2) is 3.58. The molecule has 0 aliphatic carbocycles. The molecule has 0 spiro atoms. The zero-order valence-corrected chi connectivity index (χ0v) is 7.35. The number of halogens is 1. The van der Waals surface area contributed by atoms with Crippen molar-refractivity contribution in [2.75, 3.05) is 7.11 Å². The minimum atomic E-state index is 0.482. The van der Waals surface area contributed by atoms with Gasteiger partial charge in [-0.1, -0.05) is 0 Å². The summed E-state index contributed by atoms with van der Waals surface area (Å²) in [5, 5.41) is 0. The molecular weight excluding hydrogens is 162 g/mol. The van der Waals surface area contributed by atoms with Crippen LogP contribution in [0.4, 0.5) is 0 Å². The van der Waals surface area contributed by atoms with Gasteiger partial charge in [0, 0.05) is 11.6 Å². The molecular formula is C8H10ClNO. The summed E-state index contributed by atoms with van der Waals surface area (Å²) in [7, 11) is 1.62. The Bertz CT molecular complexity index is 250. The highest BCUT2D eigenvalue weighted by molar-refractivity contribution is 6.17. The van der Waals surface area contributed by atoms with E-state index in [1.165, 1.54) is 0 Å². The van der Waals surface area contributed by atoms with Gasteiger partial charge < -0.3 is 4.74 Å². The van der Waals surface area contributed by atoms with Crippen molar-refractivity contribution in [1.29, 1.82) is 0 Å². The van der Waals surface area contributed by atoms with Crippen LogP contribution in [0, 0.1) is 6.92 Å². The molecule has 2 nitrogen and oxygen atoms in total. The molecule has 0 aliphatic rings. The van der Waals surface area contributed by atoms with E-state index in [0.717, 1.165) is 17.0 Å². The van der Waals surface area contributed by atoms with E-state index in [-0.39, 0.29) is 0 Å². The highest BCUT2D eigenvalue weighted by Crippen LogP contribution is 2.15.